The highest BCUT2D eigenvalue weighted by Gasteiger charge is 2.25. The lowest BCUT2D eigenvalue weighted by Crippen LogP contribution is -2.44. The molecule has 1 aromatic carbocycles. The molecule has 0 aromatic heterocycles. The van der Waals surface area contributed by atoms with E-state index in [2.05, 4.69) is 31.7 Å². The minimum atomic E-state index is -0.0853. The van der Waals surface area contributed by atoms with Crippen molar-refractivity contribution in [3.8, 4) is 0 Å². The van der Waals surface area contributed by atoms with Gasteiger partial charge >= 0.3 is 0 Å². The highest BCUT2D eigenvalue weighted by Crippen LogP contribution is 2.18. The molecule has 0 bridgehead atoms. The summed E-state index contributed by atoms with van der Waals surface area (Å²) in [6.07, 6.45) is 0. The standard InChI is InChI=1S/C17H27NO/c1-11(2)14(5)18(7)15(6)17(19)16-10-12(3)8-9-13(16)4/h8-11,14-15H,1-7H3. The van der Waals surface area contributed by atoms with Crippen LogP contribution in [-0.4, -0.2) is 29.8 Å². The minimum Gasteiger partial charge on any atom is -0.294 e. The lowest BCUT2D eigenvalue weighted by Gasteiger charge is -2.32. The summed E-state index contributed by atoms with van der Waals surface area (Å²) < 4.78 is 0. The second kappa shape index (κ2) is 6.33. The third-order valence-corrected chi connectivity index (χ3v) is 4.26. The lowest BCUT2D eigenvalue weighted by atomic mass is 9.95. The average Bonchev–Trinajstić information content (AvgIpc) is 2.37. The van der Waals surface area contributed by atoms with Gasteiger partial charge in [0, 0.05) is 11.6 Å². The van der Waals surface area contributed by atoms with Crippen molar-refractivity contribution >= 4 is 5.78 Å². The highest BCUT2D eigenvalue weighted by molar-refractivity contribution is 6.01. The van der Waals surface area contributed by atoms with E-state index >= 15 is 0 Å². The average molecular weight is 261 g/mol. The Morgan fingerprint density at radius 2 is 1.68 bits per heavy atom. The molecule has 0 aliphatic carbocycles. The molecular weight excluding hydrogens is 234 g/mol. The first-order valence-corrected chi connectivity index (χ1v) is 7.09. The van der Waals surface area contributed by atoms with Gasteiger partial charge in [0.2, 0.25) is 0 Å². The van der Waals surface area contributed by atoms with Gasteiger partial charge < -0.3 is 0 Å². The molecule has 0 saturated heterocycles. The van der Waals surface area contributed by atoms with E-state index in [0.717, 1.165) is 16.7 Å². The topological polar surface area (TPSA) is 20.3 Å². The number of Topliss-reactive ketones (excluding diaryl/α,β-unsaturated/α-hetero) is 1. The van der Waals surface area contributed by atoms with E-state index in [4.69, 9.17) is 0 Å². The van der Waals surface area contributed by atoms with E-state index in [1.807, 2.05) is 40.0 Å². The molecule has 2 heteroatoms. The van der Waals surface area contributed by atoms with Crippen LogP contribution in [0, 0.1) is 19.8 Å². The number of hydrogen-bond donors (Lipinski definition) is 0. The van der Waals surface area contributed by atoms with E-state index in [-0.39, 0.29) is 11.8 Å². The fourth-order valence-electron chi connectivity index (χ4n) is 2.23. The number of nitrogens with zero attached hydrogens (tertiary/aromatic N) is 1. The molecule has 0 saturated carbocycles. The fraction of sp³-hybridized carbons (Fsp3) is 0.588. The Bertz CT molecular complexity index is 451. The molecule has 2 nitrogen and oxygen atoms in total. The molecule has 0 spiro atoms. The van der Waals surface area contributed by atoms with Gasteiger partial charge in [-0.3, -0.25) is 9.69 Å². The van der Waals surface area contributed by atoms with E-state index in [0.29, 0.717) is 12.0 Å². The number of hydrogen-bond acceptors (Lipinski definition) is 2. The maximum Gasteiger partial charge on any atom is 0.179 e. The molecule has 0 fully saturated rings. The Labute approximate surface area is 117 Å². The van der Waals surface area contributed by atoms with Crippen LogP contribution in [0.5, 0.6) is 0 Å². The van der Waals surface area contributed by atoms with Crippen molar-refractivity contribution in [2.24, 2.45) is 5.92 Å². The van der Waals surface area contributed by atoms with Gasteiger partial charge in [-0.1, -0.05) is 31.5 Å². The lowest BCUT2D eigenvalue weighted by molar-refractivity contribution is 0.0790. The summed E-state index contributed by atoms with van der Waals surface area (Å²) in [7, 11) is 2.04. The third-order valence-electron chi connectivity index (χ3n) is 4.26. The largest absolute Gasteiger partial charge is 0.294 e. The maximum absolute atomic E-state index is 12.6. The van der Waals surface area contributed by atoms with Crippen molar-refractivity contribution in [2.75, 3.05) is 7.05 Å². The van der Waals surface area contributed by atoms with Gasteiger partial charge in [-0.25, -0.2) is 0 Å². The van der Waals surface area contributed by atoms with Gasteiger partial charge in [-0.15, -0.1) is 0 Å². The van der Waals surface area contributed by atoms with Gasteiger partial charge in [0.05, 0.1) is 6.04 Å². The zero-order valence-electron chi connectivity index (χ0n) is 13.3. The van der Waals surface area contributed by atoms with Crippen molar-refractivity contribution in [1.82, 2.24) is 4.90 Å². The second-order valence-corrected chi connectivity index (χ2v) is 6.01. The predicted molar refractivity (Wildman–Crippen MR) is 81.8 cm³/mol. The molecule has 106 valence electrons. The Morgan fingerprint density at radius 1 is 1.11 bits per heavy atom. The normalized spacial score (nSPS) is 14.8. The number of rotatable bonds is 5. The van der Waals surface area contributed by atoms with E-state index in [9.17, 15) is 4.79 Å². The van der Waals surface area contributed by atoms with Crippen LogP contribution >= 0.6 is 0 Å². The maximum atomic E-state index is 12.6. The fourth-order valence-corrected chi connectivity index (χ4v) is 2.23. The number of benzene rings is 1. The van der Waals surface area contributed by atoms with E-state index in [1.54, 1.807) is 0 Å². The van der Waals surface area contributed by atoms with Crippen molar-refractivity contribution in [2.45, 2.75) is 53.6 Å². The number of likely N-dealkylation sites (N-methyl/N-ethyl adjacent to an activating group) is 1. The zero-order valence-corrected chi connectivity index (χ0v) is 13.3. The Hall–Kier alpha value is -1.15. The zero-order chi connectivity index (χ0) is 14.7. The summed E-state index contributed by atoms with van der Waals surface area (Å²) in [6.45, 7) is 12.6. The molecule has 0 N–H and O–H groups in total. The molecule has 1 aromatic rings. The van der Waals surface area contributed by atoms with E-state index in [1.165, 1.54) is 0 Å². The van der Waals surface area contributed by atoms with Crippen LogP contribution in [-0.2, 0) is 0 Å². The molecule has 0 aliphatic rings. The number of ketones is 1. The van der Waals surface area contributed by atoms with Crippen LogP contribution in [0.3, 0.4) is 0 Å². The van der Waals surface area contributed by atoms with Crippen LogP contribution in [0.25, 0.3) is 0 Å². The Morgan fingerprint density at radius 3 is 2.21 bits per heavy atom. The van der Waals surface area contributed by atoms with Crippen molar-refractivity contribution < 1.29 is 4.79 Å². The summed E-state index contributed by atoms with van der Waals surface area (Å²) in [5, 5.41) is 0. The summed E-state index contributed by atoms with van der Waals surface area (Å²) in [5.41, 5.74) is 3.06. The van der Waals surface area contributed by atoms with Crippen LogP contribution in [0.15, 0.2) is 18.2 Å². The first-order valence-electron chi connectivity index (χ1n) is 7.09. The van der Waals surface area contributed by atoms with Gasteiger partial charge in [-0.05, 0) is 52.3 Å². The third kappa shape index (κ3) is 3.66. The van der Waals surface area contributed by atoms with Crippen molar-refractivity contribution in [3.63, 3.8) is 0 Å². The SMILES string of the molecule is Cc1ccc(C)c(C(=O)C(C)N(C)C(C)C(C)C)c1. The molecule has 0 heterocycles. The van der Waals surface area contributed by atoms with Gasteiger partial charge in [0.25, 0.3) is 0 Å². The van der Waals surface area contributed by atoms with Crippen molar-refractivity contribution in [3.05, 3.63) is 34.9 Å². The quantitative estimate of drug-likeness (QED) is 0.750. The summed E-state index contributed by atoms with van der Waals surface area (Å²) in [5.74, 6) is 0.759. The van der Waals surface area contributed by atoms with Crippen LogP contribution in [0.1, 0.15) is 49.2 Å². The summed E-state index contributed by atoms with van der Waals surface area (Å²) in [4.78, 5) is 14.8. The Kier molecular flexibility index (Phi) is 5.30. The predicted octanol–water partition coefficient (Wildman–Crippen LogP) is 3.85. The number of carbonyl (C=O) groups is 1. The first kappa shape index (κ1) is 15.9. The summed E-state index contributed by atoms with van der Waals surface area (Å²) in [6, 6.07) is 6.39. The Balaban J connectivity index is 2.96. The van der Waals surface area contributed by atoms with Gasteiger partial charge in [0.15, 0.2) is 5.78 Å². The molecular formula is C17H27NO. The smallest absolute Gasteiger partial charge is 0.179 e. The number of aryl methyl sites for hydroxylation is 2. The summed E-state index contributed by atoms with van der Waals surface area (Å²) >= 11 is 0. The molecule has 2 unspecified atom stereocenters. The van der Waals surface area contributed by atoms with E-state index < -0.39 is 0 Å². The number of carbonyl (C=O) groups excluding carboxylic acids is 1. The molecule has 0 radical (unpaired) electrons. The monoisotopic (exact) mass is 261 g/mol. The second-order valence-electron chi connectivity index (χ2n) is 6.01. The molecule has 1 rings (SSSR count). The molecule has 0 amide bonds. The van der Waals surface area contributed by atoms with Gasteiger partial charge in [0.1, 0.15) is 0 Å². The van der Waals surface area contributed by atoms with Crippen molar-refractivity contribution in [1.29, 1.82) is 0 Å². The highest BCUT2D eigenvalue weighted by atomic mass is 16.1. The van der Waals surface area contributed by atoms with Gasteiger partial charge in [-0.2, -0.15) is 0 Å². The van der Waals surface area contributed by atoms with Crippen LogP contribution in [0.2, 0.25) is 0 Å². The molecule has 2 atom stereocenters. The van der Waals surface area contributed by atoms with Crippen LogP contribution < -0.4 is 0 Å². The van der Waals surface area contributed by atoms with Crippen LogP contribution in [0.4, 0.5) is 0 Å². The molecule has 0 aliphatic heterocycles. The molecule has 19 heavy (non-hydrogen) atoms. The first-order chi connectivity index (χ1) is 8.75. The minimum absolute atomic E-state index is 0.0853.